The Morgan fingerprint density at radius 3 is 1.44 bits per heavy atom. The molecule has 0 saturated heterocycles. The van der Waals surface area contributed by atoms with Crippen molar-refractivity contribution < 1.29 is 29.0 Å². The fourth-order valence-corrected chi connectivity index (χ4v) is 4.53. The summed E-state index contributed by atoms with van der Waals surface area (Å²) in [5.74, 6) is 0.173. The molecule has 0 bridgehead atoms. The molecular formula is C32H66FN5O5. The SMILES string of the molecule is CCCCCCCCCCCCCCCCC(=O)NCCCN(C)CCCNC(=O)O.O=C(O)NCCCNCCCF. The molecule has 0 aromatic carbocycles. The van der Waals surface area contributed by atoms with Gasteiger partial charge in [-0.05, 0) is 65.3 Å². The second kappa shape index (κ2) is 36.1. The number of carboxylic acid groups (broad SMARTS) is 2. The van der Waals surface area contributed by atoms with E-state index in [1.54, 1.807) is 0 Å². The number of nitrogens with one attached hydrogen (secondary N) is 4. The van der Waals surface area contributed by atoms with Gasteiger partial charge in [0.15, 0.2) is 0 Å². The Bertz CT molecular complexity index is 631. The lowest BCUT2D eigenvalue weighted by Gasteiger charge is -2.16. The van der Waals surface area contributed by atoms with Crippen molar-refractivity contribution in [2.45, 2.75) is 129 Å². The molecule has 10 nitrogen and oxygen atoms in total. The summed E-state index contributed by atoms with van der Waals surface area (Å²) in [5, 5.41) is 27.3. The highest BCUT2D eigenvalue weighted by Gasteiger charge is 2.03. The first-order valence-electron chi connectivity index (χ1n) is 17.0. The maximum atomic E-state index is 11.9. The highest BCUT2D eigenvalue weighted by atomic mass is 19.1. The molecule has 0 aromatic rings. The fraction of sp³-hybridized carbons (Fsp3) is 0.906. The highest BCUT2D eigenvalue weighted by Crippen LogP contribution is 2.13. The lowest BCUT2D eigenvalue weighted by molar-refractivity contribution is -0.121. The van der Waals surface area contributed by atoms with E-state index < -0.39 is 12.2 Å². The molecule has 0 rings (SSSR count). The van der Waals surface area contributed by atoms with Crippen LogP contribution < -0.4 is 21.3 Å². The van der Waals surface area contributed by atoms with Gasteiger partial charge in [0.2, 0.25) is 5.91 Å². The molecule has 0 heterocycles. The van der Waals surface area contributed by atoms with Crippen molar-refractivity contribution in [3.8, 4) is 0 Å². The predicted molar refractivity (Wildman–Crippen MR) is 175 cm³/mol. The third kappa shape index (κ3) is 42.1. The number of carbonyl (C=O) groups is 3. The maximum Gasteiger partial charge on any atom is 0.404 e. The molecule has 3 amide bonds. The third-order valence-corrected chi connectivity index (χ3v) is 7.08. The standard InChI is InChI=1S/C25H51N3O3.C7H15FN2O2/c1-3-4-5-6-7-8-9-10-11-12-13-14-15-16-19-24(29)26-20-17-22-28(2)23-18-21-27-25(30)31;8-3-1-4-9-5-2-6-10-7(11)12/h27H,3-23H2,1-2H3,(H,26,29)(H,30,31);9-10H,1-6H2,(H,11,12). The largest absolute Gasteiger partial charge is 0.465 e. The van der Waals surface area contributed by atoms with Crippen LogP contribution in [-0.2, 0) is 4.79 Å². The van der Waals surface area contributed by atoms with Crippen LogP contribution in [0.5, 0.6) is 0 Å². The lowest BCUT2D eigenvalue weighted by Crippen LogP contribution is -2.30. The Morgan fingerprint density at radius 2 is 0.977 bits per heavy atom. The summed E-state index contributed by atoms with van der Waals surface area (Å²) >= 11 is 0. The van der Waals surface area contributed by atoms with Crippen LogP contribution in [0.25, 0.3) is 0 Å². The van der Waals surface area contributed by atoms with E-state index in [9.17, 15) is 18.8 Å². The smallest absolute Gasteiger partial charge is 0.404 e. The van der Waals surface area contributed by atoms with Gasteiger partial charge in [-0.25, -0.2) is 9.59 Å². The number of rotatable bonds is 30. The van der Waals surface area contributed by atoms with Crippen molar-refractivity contribution in [1.29, 1.82) is 0 Å². The summed E-state index contributed by atoms with van der Waals surface area (Å²) in [7, 11) is 2.03. The number of hydrogen-bond donors (Lipinski definition) is 6. The van der Waals surface area contributed by atoms with Gasteiger partial charge < -0.3 is 36.4 Å². The van der Waals surface area contributed by atoms with Gasteiger partial charge in [-0.1, -0.05) is 90.4 Å². The predicted octanol–water partition coefficient (Wildman–Crippen LogP) is 6.55. The summed E-state index contributed by atoms with van der Waals surface area (Å²) in [6.07, 6.45) is 20.3. The molecule has 0 aromatic heterocycles. The summed E-state index contributed by atoms with van der Waals surface area (Å²) in [6.45, 7) is 6.75. The minimum atomic E-state index is -1.00. The first-order valence-corrected chi connectivity index (χ1v) is 17.0. The Kier molecular flexibility index (Phi) is 36.0. The van der Waals surface area contributed by atoms with Gasteiger partial charge in [-0.2, -0.15) is 0 Å². The van der Waals surface area contributed by atoms with Gasteiger partial charge >= 0.3 is 12.2 Å². The van der Waals surface area contributed by atoms with E-state index in [0.29, 0.717) is 32.5 Å². The van der Waals surface area contributed by atoms with Gasteiger partial charge in [-0.15, -0.1) is 0 Å². The Labute approximate surface area is 261 Å². The molecule has 0 saturated carbocycles. The van der Waals surface area contributed by atoms with E-state index >= 15 is 0 Å². The minimum absolute atomic E-state index is 0.173. The zero-order valence-corrected chi connectivity index (χ0v) is 27.5. The Balaban J connectivity index is 0. The molecule has 6 N–H and O–H groups in total. The van der Waals surface area contributed by atoms with Gasteiger partial charge in [-0.3, -0.25) is 9.18 Å². The van der Waals surface area contributed by atoms with Crippen molar-refractivity contribution in [3.05, 3.63) is 0 Å². The van der Waals surface area contributed by atoms with Crippen molar-refractivity contribution >= 4 is 18.1 Å². The monoisotopic (exact) mass is 620 g/mol. The summed E-state index contributed by atoms with van der Waals surface area (Å²) in [4.78, 5) is 34.4. The maximum absolute atomic E-state index is 11.9. The van der Waals surface area contributed by atoms with Crippen LogP contribution in [-0.4, -0.2) is 92.7 Å². The van der Waals surface area contributed by atoms with Crippen LogP contribution in [0.4, 0.5) is 14.0 Å². The number of hydrogen-bond acceptors (Lipinski definition) is 5. The summed E-state index contributed by atoms with van der Waals surface area (Å²) < 4.78 is 11.5. The van der Waals surface area contributed by atoms with Crippen LogP contribution in [0.2, 0.25) is 0 Å². The van der Waals surface area contributed by atoms with Crippen molar-refractivity contribution in [3.63, 3.8) is 0 Å². The minimum Gasteiger partial charge on any atom is -0.465 e. The molecule has 0 aliphatic heterocycles. The normalized spacial score (nSPS) is 10.7. The number of nitrogens with zero attached hydrogens (tertiary/aromatic N) is 1. The molecular weight excluding hydrogens is 553 g/mol. The molecule has 0 radical (unpaired) electrons. The van der Waals surface area contributed by atoms with E-state index in [1.165, 1.54) is 77.0 Å². The molecule has 0 spiro atoms. The Hall–Kier alpha value is -2.14. The topological polar surface area (TPSA) is 143 Å². The number of unbranched alkanes of at least 4 members (excludes halogenated alkanes) is 13. The number of alkyl halides is 1. The molecule has 0 atom stereocenters. The average Bonchev–Trinajstić information content (AvgIpc) is 2.97. The zero-order chi connectivity index (χ0) is 32.2. The van der Waals surface area contributed by atoms with Gasteiger partial charge in [0, 0.05) is 26.1 Å². The van der Waals surface area contributed by atoms with Crippen molar-refractivity contribution in [2.75, 3.05) is 59.5 Å². The molecule has 0 aliphatic carbocycles. The number of carbonyl (C=O) groups excluding carboxylic acids is 1. The second-order valence-electron chi connectivity index (χ2n) is 11.3. The lowest BCUT2D eigenvalue weighted by atomic mass is 10.0. The van der Waals surface area contributed by atoms with Crippen LogP contribution >= 0.6 is 0 Å². The number of amides is 3. The molecule has 0 fully saturated rings. The van der Waals surface area contributed by atoms with Crippen molar-refractivity contribution in [1.82, 2.24) is 26.2 Å². The molecule has 256 valence electrons. The van der Waals surface area contributed by atoms with Crippen LogP contribution in [0, 0.1) is 0 Å². The van der Waals surface area contributed by atoms with Crippen LogP contribution in [0.3, 0.4) is 0 Å². The highest BCUT2D eigenvalue weighted by molar-refractivity contribution is 5.75. The first kappa shape index (κ1) is 43.0. The van der Waals surface area contributed by atoms with Crippen LogP contribution in [0.1, 0.15) is 129 Å². The fourth-order valence-electron chi connectivity index (χ4n) is 4.53. The zero-order valence-electron chi connectivity index (χ0n) is 27.5. The summed E-state index contributed by atoms with van der Waals surface area (Å²) in [6, 6.07) is 0. The average molecular weight is 620 g/mol. The second-order valence-corrected chi connectivity index (χ2v) is 11.3. The third-order valence-electron chi connectivity index (χ3n) is 7.08. The van der Waals surface area contributed by atoms with E-state index in [1.807, 2.05) is 7.05 Å². The van der Waals surface area contributed by atoms with E-state index in [4.69, 9.17) is 10.2 Å². The van der Waals surface area contributed by atoms with Gasteiger partial charge in [0.1, 0.15) is 0 Å². The quantitative estimate of drug-likeness (QED) is 0.0501. The molecule has 43 heavy (non-hydrogen) atoms. The van der Waals surface area contributed by atoms with Crippen LogP contribution in [0.15, 0.2) is 0 Å². The van der Waals surface area contributed by atoms with E-state index in [-0.39, 0.29) is 12.6 Å². The Morgan fingerprint density at radius 1 is 0.558 bits per heavy atom. The molecule has 11 heteroatoms. The van der Waals surface area contributed by atoms with Gasteiger partial charge in [0.05, 0.1) is 6.67 Å². The molecule has 0 aliphatic rings. The van der Waals surface area contributed by atoms with Crippen molar-refractivity contribution in [2.24, 2.45) is 0 Å². The van der Waals surface area contributed by atoms with E-state index in [2.05, 4.69) is 33.1 Å². The molecule has 0 unspecified atom stereocenters. The number of halogens is 1. The van der Waals surface area contributed by atoms with E-state index in [0.717, 1.165) is 58.3 Å². The summed E-state index contributed by atoms with van der Waals surface area (Å²) in [5.41, 5.74) is 0. The first-order chi connectivity index (χ1) is 20.8. The van der Waals surface area contributed by atoms with Gasteiger partial charge in [0.25, 0.3) is 0 Å².